The van der Waals surface area contributed by atoms with E-state index in [-0.39, 0.29) is 18.3 Å². The molecule has 1 aromatic rings. The van der Waals surface area contributed by atoms with Crippen molar-refractivity contribution in [2.75, 3.05) is 20.6 Å². The summed E-state index contributed by atoms with van der Waals surface area (Å²) >= 11 is 6.00. The number of amides is 1. The Bertz CT molecular complexity index is 345. The van der Waals surface area contributed by atoms with E-state index >= 15 is 0 Å². The first-order valence-corrected chi connectivity index (χ1v) is 5.15. The summed E-state index contributed by atoms with van der Waals surface area (Å²) in [6.45, 7) is 0.890. The molecule has 0 saturated carbocycles. The third-order valence-electron chi connectivity index (χ3n) is 2.12. The van der Waals surface area contributed by atoms with Crippen LogP contribution in [0, 0.1) is 0 Å². The molecule has 5 heteroatoms. The van der Waals surface area contributed by atoms with Crippen LogP contribution >= 0.6 is 24.0 Å². The summed E-state index contributed by atoms with van der Waals surface area (Å²) in [6, 6.07) is 7.54. The maximum absolute atomic E-state index is 11.5. The molecular formula is C11H16Cl2N2O. The van der Waals surface area contributed by atoms with Crippen LogP contribution in [0.1, 0.15) is 5.56 Å². The summed E-state index contributed by atoms with van der Waals surface area (Å²) in [7, 11) is 3.52. The molecule has 16 heavy (non-hydrogen) atoms. The lowest BCUT2D eigenvalue weighted by molar-refractivity contribution is -0.129. The van der Waals surface area contributed by atoms with Gasteiger partial charge in [0, 0.05) is 18.6 Å². The van der Waals surface area contributed by atoms with Crippen LogP contribution in [0.5, 0.6) is 0 Å². The molecule has 1 N–H and O–H groups in total. The number of likely N-dealkylation sites (N-methyl/N-ethyl adjacent to an activating group) is 2. The normalized spacial score (nSPS) is 9.44. The van der Waals surface area contributed by atoms with Crippen molar-refractivity contribution in [3.8, 4) is 0 Å². The second kappa shape index (κ2) is 7.49. The Balaban J connectivity index is 0.00000225. The zero-order chi connectivity index (χ0) is 11.3. The van der Waals surface area contributed by atoms with E-state index in [0.717, 1.165) is 5.56 Å². The smallest absolute Gasteiger partial charge is 0.236 e. The van der Waals surface area contributed by atoms with Crippen LogP contribution in [-0.4, -0.2) is 31.4 Å². The number of hydrogen-bond acceptors (Lipinski definition) is 2. The summed E-state index contributed by atoms with van der Waals surface area (Å²) in [6.07, 6.45) is 0. The first-order chi connectivity index (χ1) is 7.15. The molecule has 0 unspecified atom stereocenters. The molecular weight excluding hydrogens is 247 g/mol. The predicted molar refractivity (Wildman–Crippen MR) is 69.1 cm³/mol. The highest BCUT2D eigenvalue weighted by Crippen LogP contribution is 2.16. The van der Waals surface area contributed by atoms with Crippen LogP contribution in [0.3, 0.4) is 0 Å². The first-order valence-electron chi connectivity index (χ1n) is 4.77. The highest BCUT2D eigenvalue weighted by molar-refractivity contribution is 6.31. The molecule has 0 aliphatic heterocycles. The Morgan fingerprint density at radius 2 is 2.06 bits per heavy atom. The maximum atomic E-state index is 11.5. The van der Waals surface area contributed by atoms with E-state index in [2.05, 4.69) is 5.32 Å². The van der Waals surface area contributed by atoms with Gasteiger partial charge in [-0.1, -0.05) is 29.8 Å². The van der Waals surface area contributed by atoms with Gasteiger partial charge < -0.3 is 10.2 Å². The van der Waals surface area contributed by atoms with Gasteiger partial charge in [0.05, 0.1) is 6.54 Å². The number of carbonyl (C=O) groups excluding carboxylic acids is 1. The third kappa shape index (κ3) is 4.39. The second-order valence-electron chi connectivity index (χ2n) is 3.37. The van der Waals surface area contributed by atoms with Crippen LogP contribution in [-0.2, 0) is 11.3 Å². The Kier molecular flexibility index (Phi) is 7.13. The van der Waals surface area contributed by atoms with Gasteiger partial charge in [-0.25, -0.2) is 0 Å². The molecule has 1 aromatic carbocycles. The van der Waals surface area contributed by atoms with E-state index in [1.54, 1.807) is 19.0 Å². The molecule has 90 valence electrons. The molecule has 1 rings (SSSR count). The van der Waals surface area contributed by atoms with Crippen molar-refractivity contribution in [3.05, 3.63) is 34.9 Å². The molecule has 0 aliphatic carbocycles. The van der Waals surface area contributed by atoms with E-state index < -0.39 is 0 Å². The van der Waals surface area contributed by atoms with Gasteiger partial charge in [0.2, 0.25) is 5.91 Å². The van der Waals surface area contributed by atoms with Crippen LogP contribution in [0.2, 0.25) is 5.02 Å². The molecule has 0 saturated heterocycles. The summed E-state index contributed by atoms with van der Waals surface area (Å²) in [5.41, 5.74) is 0.964. The number of rotatable bonds is 4. The summed E-state index contributed by atoms with van der Waals surface area (Å²) in [4.78, 5) is 13.1. The van der Waals surface area contributed by atoms with Crippen molar-refractivity contribution in [3.63, 3.8) is 0 Å². The van der Waals surface area contributed by atoms with Gasteiger partial charge in [0.25, 0.3) is 0 Å². The Hall–Kier alpha value is -0.770. The molecule has 0 fully saturated rings. The van der Waals surface area contributed by atoms with Crippen molar-refractivity contribution in [2.45, 2.75) is 6.54 Å². The van der Waals surface area contributed by atoms with Crippen LogP contribution in [0.4, 0.5) is 0 Å². The Morgan fingerprint density at radius 1 is 1.44 bits per heavy atom. The minimum absolute atomic E-state index is 0. The number of nitrogens with one attached hydrogen (secondary N) is 1. The monoisotopic (exact) mass is 262 g/mol. The Labute approximate surface area is 107 Å². The van der Waals surface area contributed by atoms with E-state index in [1.807, 2.05) is 24.3 Å². The van der Waals surface area contributed by atoms with E-state index in [1.165, 1.54) is 0 Å². The zero-order valence-electron chi connectivity index (χ0n) is 9.37. The summed E-state index contributed by atoms with van der Waals surface area (Å²) in [5.74, 6) is 0.0532. The van der Waals surface area contributed by atoms with Crippen molar-refractivity contribution in [1.29, 1.82) is 0 Å². The van der Waals surface area contributed by atoms with Gasteiger partial charge in [0.1, 0.15) is 0 Å². The van der Waals surface area contributed by atoms with Gasteiger partial charge in [0.15, 0.2) is 0 Å². The highest BCUT2D eigenvalue weighted by Gasteiger charge is 2.09. The Morgan fingerprint density at radius 3 is 2.62 bits per heavy atom. The molecule has 0 aromatic heterocycles. The van der Waals surface area contributed by atoms with Gasteiger partial charge in [-0.2, -0.15) is 0 Å². The number of benzene rings is 1. The lowest BCUT2D eigenvalue weighted by Crippen LogP contribution is -2.33. The standard InChI is InChI=1S/C11H15ClN2O.ClH/c1-13-7-11(15)14(2)8-9-5-3-4-6-10(9)12;/h3-6,13H,7-8H2,1-2H3;1H. The molecule has 0 aliphatic rings. The zero-order valence-corrected chi connectivity index (χ0v) is 10.9. The van der Waals surface area contributed by atoms with Gasteiger partial charge in [-0.3, -0.25) is 4.79 Å². The number of halogens is 2. The summed E-state index contributed by atoms with van der Waals surface area (Å²) in [5, 5.41) is 3.52. The molecule has 0 atom stereocenters. The average molecular weight is 263 g/mol. The molecule has 0 bridgehead atoms. The lowest BCUT2D eigenvalue weighted by Gasteiger charge is -2.17. The quantitative estimate of drug-likeness (QED) is 0.900. The molecule has 1 amide bonds. The fourth-order valence-electron chi connectivity index (χ4n) is 1.26. The molecule has 0 spiro atoms. The highest BCUT2D eigenvalue weighted by atomic mass is 35.5. The van der Waals surface area contributed by atoms with E-state index in [4.69, 9.17) is 11.6 Å². The minimum atomic E-state index is 0. The number of carbonyl (C=O) groups is 1. The predicted octanol–water partition coefficient (Wildman–Crippen LogP) is 1.94. The van der Waals surface area contributed by atoms with Gasteiger partial charge in [-0.15, -0.1) is 12.4 Å². The minimum Gasteiger partial charge on any atom is -0.340 e. The average Bonchev–Trinajstić information content (AvgIpc) is 2.21. The van der Waals surface area contributed by atoms with Gasteiger partial charge >= 0.3 is 0 Å². The molecule has 3 nitrogen and oxygen atoms in total. The third-order valence-corrected chi connectivity index (χ3v) is 2.49. The van der Waals surface area contributed by atoms with Crippen molar-refractivity contribution >= 4 is 29.9 Å². The van der Waals surface area contributed by atoms with Crippen molar-refractivity contribution in [2.24, 2.45) is 0 Å². The largest absolute Gasteiger partial charge is 0.340 e. The first kappa shape index (κ1) is 15.2. The maximum Gasteiger partial charge on any atom is 0.236 e. The summed E-state index contributed by atoms with van der Waals surface area (Å²) < 4.78 is 0. The van der Waals surface area contributed by atoms with E-state index in [9.17, 15) is 4.79 Å². The second-order valence-corrected chi connectivity index (χ2v) is 3.78. The van der Waals surface area contributed by atoms with Crippen LogP contribution < -0.4 is 5.32 Å². The van der Waals surface area contributed by atoms with E-state index in [0.29, 0.717) is 18.1 Å². The topological polar surface area (TPSA) is 32.3 Å². The molecule has 0 heterocycles. The van der Waals surface area contributed by atoms with Crippen molar-refractivity contribution < 1.29 is 4.79 Å². The number of nitrogens with zero attached hydrogens (tertiary/aromatic N) is 1. The SMILES string of the molecule is CNCC(=O)N(C)Cc1ccccc1Cl.Cl. The molecule has 0 radical (unpaired) electrons. The fraction of sp³-hybridized carbons (Fsp3) is 0.364. The number of hydrogen-bond donors (Lipinski definition) is 1. The fourth-order valence-corrected chi connectivity index (χ4v) is 1.45. The van der Waals surface area contributed by atoms with Crippen molar-refractivity contribution in [1.82, 2.24) is 10.2 Å². The van der Waals surface area contributed by atoms with Crippen LogP contribution in [0.25, 0.3) is 0 Å². The lowest BCUT2D eigenvalue weighted by atomic mass is 10.2. The van der Waals surface area contributed by atoms with Gasteiger partial charge in [-0.05, 0) is 18.7 Å². The van der Waals surface area contributed by atoms with Crippen LogP contribution in [0.15, 0.2) is 24.3 Å².